The van der Waals surface area contributed by atoms with E-state index in [0.29, 0.717) is 0 Å². The molecule has 0 radical (unpaired) electrons. The maximum atomic E-state index is 5.61. The van der Waals surface area contributed by atoms with Crippen LogP contribution in [0, 0.1) is 13.8 Å². The van der Waals surface area contributed by atoms with Crippen molar-refractivity contribution in [2.75, 3.05) is 0 Å². The van der Waals surface area contributed by atoms with Crippen LogP contribution in [0.5, 0.6) is 0 Å². The van der Waals surface area contributed by atoms with Gasteiger partial charge in [-0.15, -0.1) is 0 Å². The Morgan fingerprint density at radius 2 is 1.40 bits per heavy atom. The summed E-state index contributed by atoms with van der Waals surface area (Å²) in [4.78, 5) is 3.13. The minimum atomic E-state index is 0.801. The molecule has 0 aliphatic carbocycles. The summed E-state index contributed by atoms with van der Waals surface area (Å²) in [6, 6.07) is 9.81. The minimum Gasteiger partial charge on any atom is -0.359 e. The third-order valence-electron chi connectivity index (χ3n) is 2.48. The zero-order valence-electron chi connectivity index (χ0n) is 17.8. The van der Waals surface area contributed by atoms with Crippen molar-refractivity contribution in [3.8, 4) is 0 Å². The molecule has 142 valence electrons. The number of halogens is 1. The molecule has 0 saturated carbocycles. The Balaban J connectivity index is -0.000000305. The Bertz CT molecular complexity index is 627. The molecule has 1 N–H and O–H groups in total. The Morgan fingerprint density at radius 3 is 1.68 bits per heavy atom. The number of rotatable bonds is 1. The van der Waals surface area contributed by atoms with Gasteiger partial charge >= 0.3 is 0 Å². The van der Waals surface area contributed by atoms with Crippen molar-refractivity contribution in [2.24, 2.45) is 0 Å². The molecule has 1 aromatic heterocycles. The summed E-state index contributed by atoms with van der Waals surface area (Å²) in [5.41, 5.74) is 3.44. The van der Waals surface area contributed by atoms with Gasteiger partial charge in [0.25, 0.3) is 0 Å². The molecule has 0 bridgehead atoms. The molecule has 0 spiro atoms. The van der Waals surface area contributed by atoms with E-state index >= 15 is 0 Å². The smallest absolute Gasteiger partial charge is 0.0406 e. The number of allylic oxidation sites excluding steroid dienone is 1. The number of H-pyrrole nitrogens is 1. The number of nitrogens with one attached hydrogen (secondary N) is 1. The lowest BCUT2D eigenvalue weighted by atomic mass is 10.2. The van der Waals surface area contributed by atoms with Gasteiger partial charge in [-0.05, 0) is 44.2 Å². The molecule has 2 rings (SSSR count). The van der Waals surface area contributed by atoms with Crippen LogP contribution in [0.1, 0.15) is 59.7 Å². The highest BCUT2D eigenvalue weighted by molar-refractivity contribution is 6.30. The van der Waals surface area contributed by atoms with Gasteiger partial charge in [-0.2, -0.15) is 0 Å². The highest BCUT2D eigenvalue weighted by Gasteiger charge is 1.87. The van der Waals surface area contributed by atoms with Gasteiger partial charge in [0.15, 0.2) is 0 Å². The molecule has 0 fully saturated rings. The normalized spacial score (nSPS) is 8.96. The highest BCUT2D eigenvalue weighted by Crippen LogP contribution is 2.07. The summed E-state index contributed by atoms with van der Waals surface area (Å²) in [5, 5.41) is 2.90. The summed E-state index contributed by atoms with van der Waals surface area (Å²) in [6.45, 7) is 25.7. The topological polar surface area (TPSA) is 15.8 Å². The second-order valence-corrected chi connectivity index (χ2v) is 5.11. The zero-order valence-corrected chi connectivity index (χ0v) is 18.5. The Morgan fingerprint density at radius 1 is 0.960 bits per heavy atom. The Hall–Kier alpha value is -1.73. The van der Waals surface area contributed by atoms with Crippen LogP contribution in [-0.2, 0) is 0 Å². The van der Waals surface area contributed by atoms with Crippen LogP contribution in [0.4, 0.5) is 0 Å². The average molecular weight is 364 g/mol. The number of aryl methyl sites for hydroxylation is 2. The van der Waals surface area contributed by atoms with Gasteiger partial charge in [0.1, 0.15) is 0 Å². The third-order valence-corrected chi connectivity index (χ3v) is 2.73. The summed E-state index contributed by atoms with van der Waals surface area (Å²) < 4.78 is 0. The minimum absolute atomic E-state index is 0.801. The molecule has 0 unspecified atom stereocenters. The van der Waals surface area contributed by atoms with Crippen molar-refractivity contribution in [2.45, 2.75) is 62.3 Å². The van der Waals surface area contributed by atoms with E-state index in [-0.39, 0.29) is 0 Å². The lowest BCUT2D eigenvalue weighted by Gasteiger charge is -1.88. The van der Waals surface area contributed by atoms with Gasteiger partial charge in [0.05, 0.1) is 0 Å². The fourth-order valence-electron chi connectivity index (χ4n) is 1.59. The van der Waals surface area contributed by atoms with Crippen LogP contribution in [-0.4, -0.2) is 4.98 Å². The van der Waals surface area contributed by atoms with Crippen molar-refractivity contribution in [1.82, 2.24) is 4.98 Å². The summed E-state index contributed by atoms with van der Waals surface area (Å²) in [7, 11) is 0. The number of aromatic amines is 1. The van der Waals surface area contributed by atoms with E-state index in [1.165, 1.54) is 5.56 Å². The van der Waals surface area contributed by atoms with Crippen molar-refractivity contribution in [3.63, 3.8) is 0 Å². The molecule has 25 heavy (non-hydrogen) atoms. The molecule has 0 aliphatic heterocycles. The van der Waals surface area contributed by atoms with Crippen LogP contribution in [0.25, 0.3) is 12.7 Å². The molecule has 1 heterocycles. The Labute approximate surface area is 161 Å². The molecule has 2 heteroatoms. The molecular weight excluding hydrogens is 326 g/mol. The summed E-state index contributed by atoms with van der Waals surface area (Å²) in [6.07, 6.45) is 2.02. The standard InChI is InChI=1S/C10H13N.C7H7Cl.3C2H6/c1-7(2)5-10-6-8(3)11-9(10)4;1-6-2-4-7(8)5-3-6;3*1-2/h5-6,11H,1,4H2,2-3H3;2-5H,1H3;3*1-2H3/b10-5-;;;;. The number of benzene rings is 1. The van der Waals surface area contributed by atoms with Gasteiger partial charge in [-0.1, -0.05) is 95.6 Å². The van der Waals surface area contributed by atoms with Crippen molar-refractivity contribution in [1.29, 1.82) is 0 Å². The number of hydrogen-bond donors (Lipinski definition) is 1. The van der Waals surface area contributed by atoms with E-state index in [1.54, 1.807) is 0 Å². The summed E-state index contributed by atoms with van der Waals surface area (Å²) >= 11 is 5.61. The van der Waals surface area contributed by atoms with Crippen LogP contribution in [0.2, 0.25) is 5.02 Å². The largest absolute Gasteiger partial charge is 0.359 e. The molecule has 1 nitrogen and oxygen atoms in total. The van der Waals surface area contributed by atoms with Gasteiger partial charge in [0.2, 0.25) is 0 Å². The van der Waals surface area contributed by atoms with Crippen LogP contribution >= 0.6 is 11.6 Å². The maximum Gasteiger partial charge on any atom is 0.0406 e. The lowest BCUT2D eigenvalue weighted by molar-refractivity contribution is 1.22. The second kappa shape index (κ2) is 18.6. The van der Waals surface area contributed by atoms with Gasteiger partial charge < -0.3 is 4.98 Å². The van der Waals surface area contributed by atoms with Gasteiger partial charge in [0, 0.05) is 16.1 Å². The van der Waals surface area contributed by atoms with E-state index in [2.05, 4.69) is 24.2 Å². The first-order valence-electron chi connectivity index (χ1n) is 9.12. The van der Waals surface area contributed by atoms with Crippen molar-refractivity contribution in [3.05, 3.63) is 69.3 Å². The maximum absolute atomic E-state index is 5.61. The van der Waals surface area contributed by atoms with Crippen molar-refractivity contribution < 1.29 is 0 Å². The molecular formula is C23H38ClN. The van der Waals surface area contributed by atoms with Crippen LogP contribution in [0.3, 0.4) is 0 Å². The number of hydrogen-bond acceptors (Lipinski definition) is 0. The first-order valence-corrected chi connectivity index (χ1v) is 9.50. The molecule has 0 atom stereocenters. The molecule has 0 aliphatic rings. The second-order valence-electron chi connectivity index (χ2n) is 4.67. The predicted molar refractivity (Wildman–Crippen MR) is 120 cm³/mol. The SMILES string of the molecule is C=C(C)/C=c1/cc(C)[nH]c1=C.CC.CC.CC.Cc1ccc(Cl)cc1. The van der Waals surface area contributed by atoms with Gasteiger partial charge in [-0.3, -0.25) is 0 Å². The first kappa shape index (κ1) is 28.1. The highest BCUT2D eigenvalue weighted by atomic mass is 35.5. The Kier molecular flexibility index (Phi) is 20.9. The zero-order chi connectivity index (χ0) is 20.4. The fourth-order valence-corrected chi connectivity index (χ4v) is 1.72. The van der Waals surface area contributed by atoms with E-state index in [9.17, 15) is 0 Å². The van der Waals surface area contributed by atoms with Crippen LogP contribution < -0.4 is 10.6 Å². The third kappa shape index (κ3) is 15.5. The van der Waals surface area contributed by atoms with Gasteiger partial charge in [-0.25, -0.2) is 0 Å². The lowest BCUT2D eigenvalue weighted by Crippen LogP contribution is -2.19. The first-order chi connectivity index (χ1) is 11.9. The average Bonchev–Trinajstić information content (AvgIpc) is 2.93. The molecule has 2 aromatic rings. The molecule has 1 aromatic carbocycles. The molecule has 0 saturated heterocycles. The van der Waals surface area contributed by atoms with Crippen molar-refractivity contribution >= 4 is 24.3 Å². The van der Waals surface area contributed by atoms with Crippen LogP contribution in [0.15, 0.2) is 42.5 Å². The fraction of sp³-hybridized carbons (Fsp3) is 0.391. The van der Waals surface area contributed by atoms with E-state index < -0.39 is 0 Å². The predicted octanol–water partition coefficient (Wildman–Crippen LogP) is 6.82. The van der Waals surface area contributed by atoms with E-state index in [0.717, 1.165) is 26.9 Å². The van der Waals surface area contributed by atoms with E-state index in [1.807, 2.05) is 92.7 Å². The summed E-state index contributed by atoms with van der Waals surface area (Å²) in [5.74, 6) is 0. The molecule has 0 amide bonds. The quantitative estimate of drug-likeness (QED) is 0.572. The monoisotopic (exact) mass is 363 g/mol. The van der Waals surface area contributed by atoms with E-state index in [4.69, 9.17) is 11.6 Å². The number of aromatic nitrogens is 1.